The van der Waals surface area contributed by atoms with Gasteiger partial charge in [-0.1, -0.05) is 30.3 Å². The molecule has 0 fully saturated rings. The third-order valence-corrected chi connectivity index (χ3v) is 8.72. The van der Waals surface area contributed by atoms with Crippen LogP contribution in [-0.4, -0.2) is 33.8 Å². The predicted octanol–water partition coefficient (Wildman–Crippen LogP) is 6.32. The van der Waals surface area contributed by atoms with Crippen LogP contribution in [0.3, 0.4) is 0 Å². The second kappa shape index (κ2) is 10.8. The highest BCUT2D eigenvalue weighted by Gasteiger charge is 2.44. The van der Waals surface area contributed by atoms with Crippen molar-refractivity contribution in [2.75, 3.05) is 7.11 Å². The number of hydrogen-bond acceptors (Lipinski definition) is 6. The number of ether oxygens (including phenoxy) is 2. The van der Waals surface area contributed by atoms with Crippen molar-refractivity contribution in [2.45, 2.75) is 28.4 Å². The van der Waals surface area contributed by atoms with Crippen LogP contribution >= 0.6 is 0 Å². The van der Waals surface area contributed by atoms with Gasteiger partial charge in [-0.05, 0) is 89.8 Å². The van der Waals surface area contributed by atoms with Gasteiger partial charge in [0, 0.05) is 0 Å². The summed E-state index contributed by atoms with van der Waals surface area (Å²) >= 11 is 0. The maximum absolute atomic E-state index is 13.9. The topological polar surface area (TPSA) is 107 Å². The molecule has 0 saturated heterocycles. The van der Waals surface area contributed by atoms with Gasteiger partial charge in [0.2, 0.25) is 9.84 Å². The fourth-order valence-corrected chi connectivity index (χ4v) is 5.43. The molecule has 0 radical (unpaired) electrons. The van der Waals surface area contributed by atoms with E-state index in [9.17, 15) is 25.6 Å². The molecule has 0 bridgehead atoms. The Morgan fingerprint density at radius 1 is 0.718 bits per heavy atom. The van der Waals surface area contributed by atoms with Crippen LogP contribution in [0.5, 0.6) is 17.2 Å². The lowest BCUT2D eigenvalue weighted by Gasteiger charge is -2.15. The fraction of sp³-hybridized carbons (Fsp3) is 0.143. The van der Waals surface area contributed by atoms with E-state index in [2.05, 4.69) is 0 Å². The highest BCUT2D eigenvalue weighted by atomic mass is 32.2. The van der Waals surface area contributed by atoms with Crippen LogP contribution in [0, 0.1) is 6.92 Å². The summed E-state index contributed by atoms with van der Waals surface area (Å²) in [5.74, 6) is 1.67. The van der Waals surface area contributed by atoms with Crippen molar-refractivity contribution >= 4 is 20.0 Å². The van der Waals surface area contributed by atoms with Gasteiger partial charge in [0.1, 0.15) is 17.2 Å². The summed E-state index contributed by atoms with van der Waals surface area (Å²) < 4.78 is 95.9. The van der Waals surface area contributed by atoms with Gasteiger partial charge < -0.3 is 9.47 Å². The van der Waals surface area contributed by atoms with Crippen molar-refractivity contribution in [3.8, 4) is 28.4 Å². The zero-order valence-electron chi connectivity index (χ0n) is 20.8. The van der Waals surface area contributed by atoms with Crippen molar-refractivity contribution < 1.29 is 39.6 Å². The number of halogens is 2. The summed E-state index contributed by atoms with van der Waals surface area (Å²) in [6.45, 7) is 1.43. The normalized spacial score (nSPS) is 12.2. The lowest BCUT2D eigenvalue weighted by atomic mass is 10.1. The number of methoxy groups -OCH3 is 1. The Kier molecular flexibility index (Phi) is 7.78. The molecular weight excluding hydrogens is 550 g/mol. The van der Waals surface area contributed by atoms with Crippen molar-refractivity contribution in [2.24, 2.45) is 0 Å². The zero-order chi connectivity index (χ0) is 28.4. The van der Waals surface area contributed by atoms with Crippen molar-refractivity contribution in [1.29, 1.82) is 0 Å². The van der Waals surface area contributed by atoms with Crippen molar-refractivity contribution in [3.63, 3.8) is 0 Å². The van der Waals surface area contributed by atoms with Crippen LogP contribution < -0.4 is 9.47 Å². The van der Waals surface area contributed by atoms with Gasteiger partial charge in [-0.25, -0.2) is 8.42 Å². The van der Waals surface area contributed by atoms with E-state index in [1.54, 1.807) is 19.2 Å². The van der Waals surface area contributed by atoms with E-state index in [0.717, 1.165) is 22.9 Å². The number of alkyl halides is 2. The van der Waals surface area contributed by atoms with Crippen LogP contribution in [0.2, 0.25) is 0 Å². The fourth-order valence-electron chi connectivity index (χ4n) is 3.78. The van der Waals surface area contributed by atoms with Gasteiger partial charge >= 0.3 is 15.4 Å². The Morgan fingerprint density at radius 3 is 1.67 bits per heavy atom. The maximum atomic E-state index is 13.9. The van der Waals surface area contributed by atoms with Gasteiger partial charge in [-0.3, -0.25) is 4.55 Å². The number of sulfone groups is 1. The Morgan fingerprint density at radius 2 is 1.18 bits per heavy atom. The number of rotatable bonds is 9. The second-order valence-corrected chi connectivity index (χ2v) is 12.2. The molecule has 0 spiro atoms. The molecule has 0 saturated carbocycles. The summed E-state index contributed by atoms with van der Waals surface area (Å²) in [6, 6.07) is 24.0. The minimum Gasteiger partial charge on any atom is -0.497 e. The minimum absolute atomic E-state index is 0.110. The van der Waals surface area contributed by atoms with E-state index in [1.807, 2.05) is 36.4 Å². The van der Waals surface area contributed by atoms with Crippen LogP contribution in [0.4, 0.5) is 8.78 Å². The smallest absolute Gasteiger partial charge is 0.373 e. The lowest BCUT2D eigenvalue weighted by molar-refractivity contribution is 0.0811. The van der Waals surface area contributed by atoms with Crippen molar-refractivity contribution in [1.82, 2.24) is 0 Å². The highest BCUT2D eigenvalue weighted by Crippen LogP contribution is 2.32. The Labute approximate surface area is 225 Å². The molecule has 0 heterocycles. The first-order chi connectivity index (χ1) is 18.3. The van der Waals surface area contributed by atoms with Crippen LogP contribution in [0.1, 0.15) is 11.1 Å². The summed E-state index contributed by atoms with van der Waals surface area (Å²) in [6.07, 6.45) is -1.37. The summed E-state index contributed by atoms with van der Waals surface area (Å²) in [5, 5.41) is -4.47. The Balaban J connectivity index is 1.51. The van der Waals surface area contributed by atoms with Gasteiger partial charge in [0.25, 0.3) is 0 Å². The molecule has 39 heavy (non-hydrogen) atoms. The molecule has 0 aliphatic rings. The molecule has 0 aliphatic heterocycles. The minimum atomic E-state index is -5.67. The van der Waals surface area contributed by atoms with Crippen LogP contribution in [0.15, 0.2) is 101 Å². The molecule has 4 rings (SSSR count). The summed E-state index contributed by atoms with van der Waals surface area (Å²) in [7, 11) is -8.19. The van der Waals surface area contributed by atoms with Crippen LogP contribution in [-0.2, 0) is 26.4 Å². The molecule has 4 aromatic rings. The molecule has 11 heteroatoms. The first kappa shape index (κ1) is 28.2. The molecule has 0 amide bonds. The van der Waals surface area contributed by atoms with E-state index >= 15 is 0 Å². The third kappa shape index (κ3) is 6.27. The van der Waals surface area contributed by atoms with E-state index in [0.29, 0.717) is 11.5 Å². The number of benzene rings is 4. The largest absolute Gasteiger partial charge is 0.497 e. The summed E-state index contributed by atoms with van der Waals surface area (Å²) in [5.41, 5.74) is 1.99. The third-order valence-electron chi connectivity index (χ3n) is 6.05. The molecule has 0 atom stereocenters. The number of hydrogen-bond donors (Lipinski definition) is 1. The standard InChI is InChI=1S/C28H24F2O7S2/c1-19-3-14-27(17-22(19)18-28(29,30)39(33,34)35)38(31,32)26-15-12-25(13-16-26)37-24-10-6-21(7-11-24)20-4-8-23(36-2)9-5-20/h3-17H,18H2,1-2H3,(H,33,34,35). The molecule has 1 N–H and O–H groups in total. The summed E-state index contributed by atoms with van der Waals surface area (Å²) in [4.78, 5) is -0.405. The molecule has 204 valence electrons. The average molecular weight is 575 g/mol. The molecule has 7 nitrogen and oxygen atoms in total. The molecular formula is C28H24F2O7S2. The maximum Gasteiger partial charge on any atom is 0.373 e. The Hall–Kier alpha value is -3.80. The van der Waals surface area contributed by atoms with Crippen LogP contribution in [0.25, 0.3) is 11.1 Å². The molecule has 4 aromatic carbocycles. The van der Waals surface area contributed by atoms with Crippen molar-refractivity contribution in [3.05, 3.63) is 102 Å². The predicted molar refractivity (Wildman–Crippen MR) is 142 cm³/mol. The number of aryl methyl sites for hydroxylation is 1. The molecule has 0 unspecified atom stereocenters. The first-order valence-electron chi connectivity index (χ1n) is 11.5. The zero-order valence-corrected chi connectivity index (χ0v) is 22.5. The quantitative estimate of drug-likeness (QED) is 0.233. The van der Waals surface area contributed by atoms with E-state index in [4.69, 9.17) is 14.0 Å². The Bertz CT molecular complexity index is 1680. The molecule has 0 aliphatic carbocycles. The van der Waals surface area contributed by atoms with Gasteiger partial charge in [0.05, 0.1) is 23.3 Å². The van der Waals surface area contributed by atoms with E-state index < -0.39 is 31.6 Å². The van der Waals surface area contributed by atoms with Gasteiger partial charge in [-0.15, -0.1) is 0 Å². The van der Waals surface area contributed by atoms with Gasteiger partial charge in [-0.2, -0.15) is 17.2 Å². The van der Waals surface area contributed by atoms with E-state index in [-0.39, 0.29) is 20.9 Å². The van der Waals surface area contributed by atoms with Gasteiger partial charge in [0.15, 0.2) is 0 Å². The van der Waals surface area contributed by atoms with E-state index in [1.165, 1.54) is 43.3 Å². The highest BCUT2D eigenvalue weighted by molar-refractivity contribution is 7.91. The first-order valence-corrected chi connectivity index (χ1v) is 14.4. The molecule has 0 aromatic heterocycles. The monoisotopic (exact) mass is 574 g/mol. The SMILES string of the molecule is COc1ccc(-c2ccc(Oc3ccc(S(=O)(=O)c4ccc(C)c(CC(F)(F)S(=O)(=O)O)c4)cc3)cc2)cc1. The lowest BCUT2D eigenvalue weighted by Crippen LogP contribution is -2.31. The second-order valence-electron chi connectivity index (χ2n) is 8.71. The average Bonchev–Trinajstić information content (AvgIpc) is 2.90.